The van der Waals surface area contributed by atoms with Crippen molar-refractivity contribution in [3.8, 4) is 0 Å². The maximum absolute atomic E-state index is 4.28. The Bertz CT molecular complexity index is 402. The molecule has 1 unspecified atom stereocenters. The van der Waals surface area contributed by atoms with E-state index in [9.17, 15) is 0 Å². The number of nitrogens with zero attached hydrogens (tertiary/aromatic N) is 2. The fourth-order valence-electron chi connectivity index (χ4n) is 2.60. The molecule has 0 amide bonds. The van der Waals surface area contributed by atoms with Gasteiger partial charge in [0.1, 0.15) is 0 Å². The second-order valence-corrected chi connectivity index (χ2v) is 6.13. The summed E-state index contributed by atoms with van der Waals surface area (Å²) in [5, 5.41) is 8.98. The van der Waals surface area contributed by atoms with E-state index in [-0.39, 0.29) is 24.0 Å². The molecule has 0 saturated carbocycles. The van der Waals surface area contributed by atoms with Crippen LogP contribution < -0.4 is 10.6 Å². The predicted octanol–water partition coefficient (Wildman–Crippen LogP) is 3.08. The molecule has 1 aliphatic rings. The number of hydrogen-bond donors (Lipinski definition) is 2. The van der Waals surface area contributed by atoms with Gasteiger partial charge in [-0.25, -0.2) is 0 Å². The highest BCUT2D eigenvalue weighted by molar-refractivity contribution is 14.0. The van der Waals surface area contributed by atoms with Crippen molar-refractivity contribution in [3.63, 3.8) is 0 Å². The van der Waals surface area contributed by atoms with Crippen molar-refractivity contribution in [3.05, 3.63) is 22.4 Å². The fraction of sp³-hybridized carbons (Fsp3) is 0.667. The van der Waals surface area contributed by atoms with Crippen molar-refractivity contribution >= 4 is 41.3 Å². The van der Waals surface area contributed by atoms with Gasteiger partial charge in [-0.15, -0.1) is 35.3 Å². The van der Waals surface area contributed by atoms with Crippen LogP contribution in [0.1, 0.15) is 37.1 Å². The average molecular weight is 422 g/mol. The van der Waals surface area contributed by atoms with E-state index in [1.54, 1.807) is 0 Å². The number of hydrogen-bond acceptors (Lipinski definition) is 3. The summed E-state index contributed by atoms with van der Waals surface area (Å²) in [6, 6.07) is 4.86. The van der Waals surface area contributed by atoms with Gasteiger partial charge in [-0.3, -0.25) is 9.89 Å². The standard InChI is InChI=1S/C15H26N4S.HI/c1-3-8-17-15(16-2)18-12-13(14-7-6-11-20-14)19-9-4-5-10-19;/h6-7,11,13H,3-5,8-10,12H2,1-2H3,(H2,16,17,18);1H. The lowest BCUT2D eigenvalue weighted by atomic mass is 10.2. The molecule has 1 saturated heterocycles. The Hall–Kier alpha value is -0.340. The van der Waals surface area contributed by atoms with Crippen LogP contribution in [0.2, 0.25) is 0 Å². The van der Waals surface area contributed by atoms with Gasteiger partial charge in [0.25, 0.3) is 0 Å². The average Bonchev–Trinajstić information content (AvgIpc) is 3.16. The van der Waals surface area contributed by atoms with Crippen LogP contribution >= 0.6 is 35.3 Å². The van der Waals surface area contributed by atoms with Crippen molar-refractivity contribution in [2.45, 2.75) is 32.2 Å². The quantitative estimate of drug-likeness (QED) is 0.421. The third-order valence-corrected chi connectivity index (χ3v) is 4.66. The molecule has 0 aliphatic carbocycles. The van der Waals surface area contributed by atoms with Crippen molar-refractivity contribution in [1.82, 2.24) is 15.5 Å². The number of guanidine groups is 1. The molecule has 1 atom stereocenters. The molecule has 21 heavy (non-hydrogen) atoms. The second-order valence-electron chi connectivity index (χ2n) is 5.15. The summed E-state index contributed by atoms with van der Waals surface area (Å²) in [5.41, 5.74) is 0. The Labute approximate surface area is 149 Å². The van der Waals surface area contributed by atoms with Crippen LogP contribution in [0.3, 0.4) is 0 Å². The highest BCUT2D eigenvalue weighted by Crippen LogP contribution is 2.27. The van der Waals surface area contributed by atoms with Crippen molar-refractivity contribution < 1.29 is 0 Å². The van der Waals surface area contributed by atoms with Crippen LogP contribution in [0.25, 0.3) is 0 Å². The number of halogens is 1. The van der Waals surface area contributed by atoms with Crippen molar-refractivity contribution in [2.24, 2.45) is 4.99 Å². The fourth-order valence-corrected chi connectivity index (χ4v) is 3.46. The van der Waals surface area contributed by atoms with Gasteiger partial charge in [0.15, 0.2) is 5.96 Å². The zero-order valence-corrected chi connectivity index (χ0v) is 16.1. The molecule has 0 bridgehead atoms. The number of likely N-dealkylation sites (tertiary alicyclic amines) is 1. The van der Waals surface area contributed by atoms with E-state index in [4.69, 9.17) is 0 Å². The first kappa shape index (κ1) is 18.7. The van der Waals surface area contributed by atoms with Gasteiger partial charge in [-0.1, -0.05) is 13.0 Å². The summed E-state index contributed by atoms with van der Waals surface area (Å²) < 4.78 is 0. The Morgan fingerprint density at radius 3 is 2.71 bits per heavy atom. The van der Waals surface area contributed by atoms with Gasteiger partial charge in [-0.05, 0) is 43.8 Å². The Morgan fingerprint density at radius 1 is 1.38 bits per heavy atom. The summed E-state index contributed by atoms with van der Waals surface area (Å²) in [6.07, 6.45) is 3.76. The maximum atomic E-state index is 4.28. The summed E-state index contributed by atoms with van der Waals surface area (Å²) in [7, 11) is 1.83. The monoisotopic (exact) mass is 422 g/mol. The van der Waals surface area contributed by atoms with E-state index < -0.39 is 0 Å². The number of nitrogens with one attached hydrogen (secondary N) is 2. The van der Waals surface area contributed by atoms with Gasteiger partial charge in [0.05, 0.1) is 6.04 Å². The normalized spacial score (nSPS) is 17.3. The minimum atomic E-state index is 0. The molecule has 1 aromatic rings. The highest BCUT2D eigenvalue weighted by atomic mass is 127. The molecule has 2 rings (SSSR count). The molecule has 0 spiro atoms. The molecule has 120 valence electrons. The minimum Gasteiger partial charge on any atom is -0.356 e. The second kappa shape index (κ2) is 10.4. The lowest BCUT2D eigenvalue weighted by Crippen LogP contribution is -2.42. The molecule has 0 aromatic carbocycles. The molecule has 1 fully saturated rings. The number of thiophene rings is 1. The maximum Gasteiger partial charge on any atom is 0.191 e. The Morgan fingerprint density at radius 2 is 2.14 bits per heavy atom. The molecular formula is C15H27IN4S. The summed E-state index contributed by atoms with van der Waals surface area (Å²) in [5.74, 6) is 0.910. The van der Waals surface area contributed by atoms with Gasteiger partial charge in [-0.2, -0.15) is 0 Å². The molecule has 0 radical (unpaired) electrons. The third kappa shape index (κ3) is 5.75. The summed E-state index contributed by atoms with van der Waals surface area (Å²) in [4.78, 5) is 8.32. The van der Waals surface area contributed by atoms with Crippen molar-refractivity contribution in [1.29, 1.82) is 0 Å². The van der Waals surface area contributed by atoms with Crippen molar-refractivity contribution in [2.75, 3.05) is 33.2 Å². The largest absolute Gasteiger partial charge is 0.356 e. The van der Waals surface area contributed by atoms with E-state index in [0.717, 1.165) is 25.5 Å². The Kier molecular flexibility index (Phi) is 9.26. The molecule has 1 aliphatic heterocycles. The van der Waals surface area contributed by atoms with E-state index in [1.165, 1.54) is 30.8 Å². The zero-order chi connectivity index (χ0) is 14.2. The first-order valence-corrected chi connectivity index (χ1v) is 8.45. The topological polar surface area (TPSA) is 39.7 Å². The zero-order valence-electron chi connectivity index (χ0n) is 13.0. The molecular weight excluding hydrogens is 395 g/mol. The molecule has 2 heterocycles. The van der Waals surface area contributed by atoms with E-state index >= 15 is 0 Å². The van der Waals surface area contributed by atoms with E-state index in [1.807, 2.05) is 18.4 Å². The Balaban J connectivity index is 0.00000220. The van der Waals surface area contributed by atoms with Crippen LogP contribution in [0, 0.1) is 0 Å². The van der Waals surface area contributed by atoms with Gasteiger partial charge >= 0.3 is 0 Å². The van der Waals surface area contributed by atoms with Crippen LogP contribution in [-0.4, -0.2) is 44.1 Å². The molecule has 6 heteroatoms. The number of rotatable bonds is 6. The molecule has 2 N–H and O–H groups in total. The summed E-state index contributed by atoms with van der Waals surface area (Å²) >= 11 is 1.85. The van der Waals surface area contributed by atoms with Crippen LogP contribution in [-0.2, 0) is 0 Å². The number of aliphatic imine (C=N–C) groups is 1. The third-order valence-electron chi connectivity index (χ3n) is 3.68. The smallest absolute Gasteiger partial charge is 0.191 e. The van der Waals surface area contributed by atoms with Gasteiger partial charge in [0, 0.05) is 25.0 Å². The lowest BCUT2D eigenvalue weighted by molar-refractivity contribution is 0.249. The first-order chi connectivity index (χ1) is 9.85. The summed E-state index contributed by atoms with van der Waals surface area (Å²) in [6.45, 7) is 6.48. The highest BCUT2D eigenvalue weighted by Gasteiger charge is 2.24. The van der Waals surface area contributed by atoms with Crippen LogP contribution in [0.5, 0.6) is 0 Å². The van der Waals surface area contributed by atoms with Crippen LogP contribution in [0.15, 0.2) is 22.5 Å². The lowest BCUT2D eigenvalue weighted by Gasteiger charge is -2.27. The van der Waals surface area contributed by atoms with Gasteiger partial charge in [0.2, 0.25) is 0 Å². The molecule has 4 nitrogen and oxygen atoms in total. The SMILES string of the molecule is CCCNC(=NC)NCC(c1cccs1)N1CCCC1.I. The minimum absolute atomic E-state index is 0. The predicted molar refractivity (Wildman–Crippen MR) is 103 cm³/mol. The first-order valence-electron chi connectivity index (χ1n) is 7.57. The van der Waals surface area contributed by atoms with E-state index in [0.29, 0.717) is 6.04 Å². The molecule has 1 aromatic heterocycles. The van der Waals surface area contributed by atoms with E-state index in [2.05, 4.69) is 45.0 Å². The van der Waals surface area contributed by atoms with Gasteiger partial charge < -0.3 is 10.6 Å². The van der Waals surface area contributed by atoms with Crippen LogP contribution in [0.4, 0.5) is 0 Å².